The van der Waals surface area contributed by atoms with Crippen LogP contribution in [0.1, 0.15) is 62.7 Å². The third-order valence-electron chi connectivity index (χ3n) is 5.19. The Labute approximate surface area is 183 Å². The molecule has 8 heteroatoms. The highest BCUT2D eigenvalue weighted by atomic mass is 32.1. The lowest BCUT2D eigenvalue weighted by Gasteiger charge is -2.23. The average Bonchev–Trinajstić information content (AvgIpc) is 2.96. The number of hydrogen-bond donors (Lipinski definition) is 1. The molecule has 0 bridgehead atoms. The van der Waals surface area contributed by atoms with Gasteiger partial charge in [0.05, 0.1) is 19.1 Å². The lowest BCUT2D eigenvalue weighted by Crippen LogP contribution is -2.38. The Kier molecular flexibility index (Phi) is 9.23. The topological polar surface area (TPSA) is 79.0 Å². The van der Waals surface area contributed by atoms with Gasteiger partial charge >= 0.3 is 5.97 Å². The number of rotatable bonds is 11. The summed E-state index contributed by atoms with van der Waals surface area (Å²) in [6.45, 7) is 5.23. The zero-order chi connectivity index (χ0) is 22.1. The molecule has 2 rings (SSSR count). The smallest absolute Gasteiger partial charge is 0.337 e. The predicted octanol–water partition coefficient (Wildman–Crippen LogP) is 3.59. The van der Waals surface area contributed by atoms with E-state index in [1.165, 1.54) is 20.0 Å². The number of nitrogens with zero attached hydrogens (tertiary/aromatic N) is 2. The third-order valence-corrected chi connectivity index (χ3v) is 5.65. The molecular formula is C22H31N3O4S. The van der Waals surface area contributed by atoms with Crippen molar-refractivity contribution < 1.29 is 19.1 Å². The summed E-state index contributed by atoms with van der Waals surface area (Å²) in [6, 6.07) is 5.86. The number of ether oxygens (including phenoxy) is 1. The van der Waals surface area contributed by atoms with E-state index in [0.717, 1.165) is 19.3 Å². The van der Waals surface area contributed by atoms with E-state index in [2.05, 4.69) is 17.0 Å². The van der Waals surface area contributed by atoms with E-state index in [4.69, 9.17) is 12.2 Å². The monoisotopic (exact) mass is 433 g/mol. The van der Waals surface area contributed by atoms with E-state index in [0.29, 0.717) is 29.5 Å². The molecule has 1 fully saturated rings. The maximum absolute atomic E-state index is 12.8. The first-order valence-corrected chi connectivity index (χ1v) is 10.9. The molecule has 7 nitrogen and oxygen atoms in total. The number of nitrogens with one attached hydrogen (secondary N) is 1. The average molecular weight is 434 g/mol. The molecule has 1 aliphatic rings. The maximum atomic E-state index is 12.8. The summed E-state index contributed by atoms with van der Waals surface area (Å²) in [7, 11) is 1.32. The van der Waals surface area contributed by atoms with Crippen molar-refractivity contribution in [1.82, 2.24) is 9.80 Å². The van der Waals surface area contributed by atoms with Gasteiger partial charge in [0, 0.05) is 18.8 Å². The van der Waals surface area contributed by atoms with Crippen LogP contribution in [0.3, 0.4) is 0 Å². The van der Waals surface area contributed by atoms with Gasteiger partial charge in [-0.2, -0.15) is 0 Å². The number of carbonyl (C=O) groups is 3. The number of benzene rings is 1. The molecule has 0 radical (unpaired) electrons. The van der Waals surface area contributed by atoms with Crippen molar-refractivity contribution >= 4 is 40.8 Å². The normalized spacial score (nSPS) is 16.2. The van der Waals surface area contributed by atoms with E-state index >= 15 is 0 Å². The largest absolute Gasteiger partial charge is 0.465 e. The minimum atomic E-state index is -0.571. The van der Waals surface area contributed by atoms with Crippen LogP contribution in [0.15, 0.2) is 24.3 Å². The molecule has 0 aromatic heterocycles. The number of unbranched alkanes of at least 4 members (excludes halogenated alkanes) is 4. The first-order chi connectivity index (χ1) is 14.4. The lowest BCUT2D eigenvalue weighted by molar-refractivity contribution is -0.130. The molecule has 0 spiro atoms. The van der Waals surface area contributed by atoms with Crippen LogP contribution in [-0.2, 0) is 14.3 Å². The van der Waals surface area contributed by atoms with Crippen molar-refractivity contribution in [2.45, 2.75) is 58.4 Å². The molecule has 1 aromatic rings. The lowest BCUT2D eigenvalue weighted by atomic mass is 10.1. The van der Waals surface area contributed by atoms with Crippen LogP contribution >= 0.6 is 12.2 Å². The number of amides is 2. The van der Waals surface area contributed by atoms with Gasteiger partial charge < -0.3 is 15.0 Å². The maximum Gasteiger partial charge on any atom is 0.337 e. The van der Waals surface area contributed by atoms with Crippen molar-refractivity contribution in [2.75, 3.05) is 25.5 Å². The number of methoxy groups -OCH3 is 1. The van der Waals surface area contributed by atoms with Crippen molar-refractivity contribution in [3.8, 4) is 0 Å². The van der Waals surface area contributed by atoms with Crippen LogP contribution in [0.2, 0.25) is 0 Å². The van der Waals surface area contributed by atoms with E-state index < -0.39 is 12.0 Å². The second-order valence-corrected chi connectivity index (χ2v) is 7.67. The second-order valence-electron chi connectivity index (χ2n) is 7.31. The van der Waals surface area contributed by atoms with Gasteiger partial charge in [0.15, 0.2) is 5.11 Å². The summed E-state index contributed by atoms with van der Waals surface area (Å²) < 4.78 is 4.67. The molecule has 1 aromatic carbocycles. The van der Waals surface area contributed by atoms with Gasteiger partial charge in [0.2, 0.25) is 5.91 Å². The van der Waals surface area contributed by atoms with Crippen LogP contribution in [0.4, 0.5) is 5.69 Å². The molecule has 30 heavy (non-hydrogen) atoms. The molecule has 1 N–H and O–H groups in total. The minimum Gasteiger partial charge on any atom is -0.465 e. The van der Waals surface area contributed by atoms with Gasteiger partial charge in [0.25, 0.3) is 5.91 Å². The number of likely N-dealkylation sites (N-methyl/N-ethyl adjacent to an activating group) is 1. The Bertz CT molecular complexity index is 766. The molecule has 164 valence electrons. The number of anilines is 1. The fraction of sp³-hybridized carbons (Fsp3) is 0.545. The predicted molar refractivity (Wildman–Crippen MR) is 120 cm³/mol. The Balaban J connectivity index is 1.99. The summed E-state index contributed by atoms with van der Waals surface area (Å²) >= 11 is 5.50. The summed E-state index contributed by atoms with van der Waals surface area (Å²) in [5, 5.41) is 3.31. The Morgan fingerprint density at radius 3 is 2.37 bits per heavy atom. The molecule has 1 aliphatic heterocycles. The number of thiocarbonyl (C=S) groups is 1. The third kappa shape index (κ3) is 6.01. The minimum absolute atomic E-state index is 0.0309. The van der Waals surface area contributed by atoms with Crippen molar-refractivity contribution in [1.29, 1.82) is 0 Å². The molecule has 1 heterocycles. The van der Waals surface area contributed by atoms with Crippen LogP contribution in [-0.4, -0.2) is 58.9 Å². The standard InChI is InChI=1S/C22H31N3O4S/c1-4-6-7-8-9-14-25-18(20(27)24(5-2)22(25)30)15-19(26)23-17-12-10-16(11-13-17)21(28)29-3/h10-13,18H,4-9,14-15H2,1-3H3,(H,23,26). The molecule has 1 saturated heterocycles. The fourth-order valence-corrected chi connectivity index (χ4v) is 3.95. The SMILES string of the molecule is CCCCCCCN1C(=S)N(CC)C(=O)C1CC(=O)Nc1ccc(C(=O)OC)cc1. The van der Waals surface area contributed by atoms with Gasteiger partial charge in [-0.15, -0.1) is 0 Å². The van der Waals surface area contributed by atoms with Crippen molar-refractivity contribution in [2.24, 2.45) is 0 Å². The van der Waals surface area contributed by atoms with Gasteiger partial charge in [-0.05, 0) is 49.8 Å². The zero-order valence-corrected chi connectivity index (χ0v) is 18.8. The Hall–Kier alpha value is -2.48. The van der Waals surface area contributed by atoms with E-state index in [1.54, 1.807) is 29.2 Å². The van der Waals surface area contributed by atoms with E-state index in [9.17, 15) is 14.4 Å². The molecule has 2 amide bonds. The van der Waals surface area contributed by atoms with Crippen molar-refractivity contribution in [3.63, 3.8) is 0 Å². The zero-order valence-electron chi connectivity index (χ0n) is 18.0. The van der Waals surface area contributed by atoms with E-state index in [1.807, 2.05) is 11.8 Å². The van der Waals surface area contributed by atoms with Crippen LogP contribution in [0, 0.1) is 0 Å². The first kappa shape index (κ1) is 23.8. The Morgan fingerprint density at radius 1 is 1.10 bits per heavy atom. The van der Waals surface area contributed by atoms with Crippen molar-refractivity contribution in [3.05, 3.63) is 29.8 Å². The molecule has 0 aliphatic carbocycles. The molecule has 0 saturated carbocycles. The summed E-state index contributed by atoms with van der Waals surface area (Å²) in [5.41, 5.74) is 0.957. The number of esters is 1. The fourth-order valence-electron chi connectivity index (χ4n) is 3.52. The first-order valence-electron chi connectivity index (χ1n) is 10.5. The molecule has 1 unspecified atom stereocenters. The highest BCUT2D eigenvalue weighted by molar-refractivity contribution is 7.80. The molecule has 1 atom stereocenters. The van der Waals surface area contributed by atoms with Gasteiger partial charge in [-0.25, -0.2) is 4.79 Å². The van der Waals surface area contributed by atoms with Crippen LogP contribution in [0.5, 0.6) is 0 Å². The van der Waals surface area contributed by atoms with Crippen LogP contribution < -0.4 is 5.32 Å². The van der Waals surface area contributed by atoms with Gasteiger partial charge in [-0.3, -0.25) is 14.5 Å². The number of hydrogen-bond acceptors (Lipinski definition) is 5. The number of carbonyl (C=O) groups excluding carboxylic acids is 3. The highest BCUT2D eigenvalue weighted by Gasteiger charge is 2.42. The quantitative estimate of drug-likeness (QED) is 0.326. The summed E-state index contributed by atoms with van der Waals surface area (Å²) in [5.74, 6) is -0.824. The summed E-state index contributed by atoms with van der Waals surface area (Å²) in [4.78, 5) is 40.4. The Morgan fingerprint density at radius 2 is 1.77 bits per heavy atom. The van der Waals surface area contributed by atoms with Gasteiger partial charge in [0.1, 0.15) is 6.04 Å². The van der Waals surface area contributed by atoms with Crippen LogP contribution in [0.25, 0.3) is 0 Å². The summed E-state index contributed by atoms with van der Waals surface area (Å²) in [6.07, 6.45) is 5.59. The highest BCUT2D eigenvalue weighted by Crippen LogP contribution is 2.22. The van der Waals surface area contributed by atoms with Gasteiger partial charge in [-0.1, -0.05) is 32.6 Å². The molecular weight excluding hydrogens is 402 g/mol. The van der Waals surface area contributed by atoms with E-state index in [-0.39, 0.29) is 18.2 Å². The second kappa shape index (κ2) is 11.6.